The number of carboxylic acids is 1. The maximum Gasteiger partial charge on any atom is 0.328 e. The summed E-state index contributed by atoms with van der Waals surface area (Å²) < 4.78 is 0. The molecular formula is C20H34O4. The Hall–Kier alpha value is -0.870. The van der Waals surface area contributed by atoms with E-state index in [2.05, 4.69) is 20.8 Å². The molecule has 2 aliphatic rings. The zero-order valence-electron chi connectivity index (χ0n) is 15.8. The molecule has 0 aromatic heterocycles. The van der Waals surface area contributed by atoms with Gasteiger partial charge in [0.1, 0.15) is 0 Å². The van der Waals surface area contributed by atoms with Crippen LogP contribution < -0.4 is 0 Å². The number of carbonyl (C=O) groups is 1. The Labute approximate surface area is 146 Å². The Balaban J connectivity index is 2.27. The molecule has 0 saturated heterocycles. The third-order valence-corrected chi connectivity index (χ3v) is 7.19. The van der Waals surface area contributed by atoms with Gasteiger partial charge in [-0.05, 0) is 75.0 Å². The lowest BCUT2D eigenvalue weighted by atomic mass is 9.44. The highest BCUT2D eigenvalue weighted by molar-refractivity contribution is 5.80. The van der Waals surface area contributed by atoms with Crippen molar-refractivity contribution >= 4 is 5.97 Å². The number of hydrogen-bond acceptors (Lipinski definition) is 3. The van der Waals surface area contributed by atoms with E-state index in [1.807, 2.05) is 13.8 Å². The number of rotatable bonds is 4. The Morgan fingerprint density at radius 3 is 2.38 bits per heavy atom. The summed E-state index contributed by atoms with van der Waals surface area (Å²) in [6.07, 6.45) is 5.85. The molecule has 0 spiro atoms. The molecule has 24 heavy (non-hydrogen) atoms. The third kappa shape index (κ3) is 3.41. The van der Waals surface area contributed by atoms with E-state index >= 15 is 0 Å². The number of aliphatic carboxylic acids is 1. The summed E-state index contributed by atoms with van der Waals surface area (Å²) >= 11 is 0. The SMILES string of the molecule is CC(=CC(=O)O)CCC1C(C)(O)CCC2C(C)(C)C(O)CCC12C. The van der Waals surface area contributed by atoms with Gasteiger partial charge in [-0.3, -0.25) is 0 Å². The fourth-order valence-corrected chi connectivity index (χ4v) is 5.81. The Morgan fingerprint density at radius 1 is 1.17 bits per heavy atom. The fraction of sp³-hybridized carbons (Fsp3) is 0.850. The summed E-state index contributed by atoms with van der Waals surface area (Å²) in [6, 6.07) is 0. The van der Waals surface area contributed by atoms with E-state index in [-0.39, 0.29) is 22.9 Å². The molecule has 2 fully saturated rings. The maximum absolute atomic E-state index is 11.1. The van der Waals surface area contributed by atoms with Gasteiger partial charge in [0.05, 0.1) is 11.7 Å². The molecule has 5 atom stereocenters. The van der Waals surface area contributed by atoms with E-state index in [1.165, 1.54) is 6.08 Å². The van der Waals surface area contributed by atoms with Crippen LogP contribution in [0.15, 0.2) is 11.6 Å². The van der Waals surface area contributed by atoms with Gasteiger partial charge in [0, 0.05) is 6.08 Å². The average Bonchev–Trinajstić information content (AvgIpc) is 2.41. The fourth-order valence-electron chi connectivity index (χ4n) is 5.81. The number of carboxylic acid groups (broad SMARTS) is 1. The summed E-state index contributed by atoms with van der Waals surface area (Å²) in [5.41, 5.74) is -0.0476. The van der Waals surface area contributed by atoms with Gasteiger partial charge in [-0.25, -0.2) is 4.79 Å². The van der Waals surface area contributed by atoms with Gasteiger partial charge >= 0.3 is 5.97 Å². The molecule has 0 radical (unpaired) electrons. The number of fused-ring (bicyclic) bond motifs is 1. The molecule has 0 aromatic rings. The summed E-state index contributed by atoms with van der Waals surface area (Å²) in [6.45, 7) is 10.4. The number of aliphatic hydroxyl groups is 2. The predicted molar refractivity (Wildman–Crippen MR) is 94.6 cm³/mol. The van der Waals surface area contributed by atoms with E-state index in [9.17, 15) is 15.0 Å². The molecule has 4 nitrogen and oxygen atoms in total. The Kier molecular flexibility index (Phi) is 5.23. The Morgan fingerprint density at radius 2 is 1.79 bits per heavy atom. The normalized spacial score (nSPS) is 42.5. The van der Waals surface area contributed by atoms with E-state index in [0.717, 1.165) is 37.7 Å². The van der Waals surface area contributed by atoms with Crippen LogP contribution >= 0.6 is 0 Å². The Bertz CT molecular complexity index is 520. The minimum Gasteiger partial charge on any atom is -0.478 e. The van der Waals surface area contributed by atoms with Crippen LogP contribution in [0.1, 0.15) is 73.1 Å². The van der Waals surface area contributed by atoms with Crippen LogP contribution in [0, 0.1) is 22.7 Å². The highest BCUT2D eigenvalue weighted by atomic mass is 16.4. The molecule has 2 saturated carbocycles. The highest BCUT2D eigenvalue weighted by Crippen LogP contribution is 2.62. The van der Waals surface area contributed by atoms with E-state index in [0.29, 0.717) is 12.3 Å². The summed E-state index contributed by atoms with van der Waals surface area (Å²) in [5.74, 6) is -0.413. The monoisotopic (exact) mass is 338 g/mol. The van der Waals surface area contributed by atoms with Crippen molar-refractivity contribution in [3.05, 3.63) is 11.6 Å². The molecule has 0 heterocycles. The van der Waals surface area contributed by atoms with Gasteiger partial charge in [0.25, 0.3) is 0 Å². The second-order valence-corrected chi connectivity index (χ2v) is 9.25. The molecule has 138 valence electrons. The van der Waals surface area contributed by atoms with Crippen LogP contribution in [-0.2, 0) is 4.79 Å². The average molecular weight is 338 g/mol. The summed E-state index contributed by atoms with van der Waals surface area (Å²) in [4.78, 5) is 10.8. The van der Waals surface area contributed by atoms with Crippen LogP contribution in [0.4, 0.5) is 0 Å². The van der Waals surface area contributed by atoms with E-state index in [1.54, 1.807) is 0 Å². The van der Waals surface area contributed by atoms with E-state index < -0.39 is 11.6 Å². The summed E-state index contributed by atoms with van der Waals surface area (Å²) in [7, 11) is 0. The van der Waals surface area contributed by atoms with Gasteiger partial charge < -0.3 is 15.3 Å². The minimum atomic E-state index is -0.908. The second kappa shape index (κ2) is 6.45. The molecule has 0 bridgehead atoms. The smallest absolute Gasteiger partial charge is 0.328 e. The van der Waals surface area contributed by atoms with Crippen molar-refractivity contribution in [3.63, 3.8) is 0 Å². The first-order chi connectivity index (χ1) is 10.9. The number of hydrogen-bond donors (Lipinski definition) is 3. The first-order valence-electron chi connectivity index (χ1n) is 9.22. The quantitative estimate of drug-likeness (QED) is 0.682. The molecule has 0 aliphatic heterocycles. The number of aliphatic hydroxyl groups excluding tert-OH is 1. The predicted octanol–water partition coefficient (Wildman–Crippen LogP) is 3.76. The van der Waals surface area contributed by atoms with Crippen LogP contribution in [0.25, 0.3) is 0 Å². The van der Waals surface area contributed by atoms with Crippen molar-refractivity contribution in [1.29, 1.82) is 0 Å². The molecule has 2 aliphatic carbocycles. The lowest BCUT2D eigenvalue weighted by Crippen LogP contribution is -2.60. The standard InChI is InChI=1S/C20H34O4/c1-13(12-17(22)23)6-7-15-19(4)10-9-16(21)18(2,3)14(19)8-11-20(15,5)24/h12,14-16,21,24H,6-11H2,1-5H3,(H,22,23). The van der Waals surface area contributed by atoms with Crippen molar-refractivity contribution in [2.45, 2.75) is 84.8 Å². The van der Waals surface area contributed by atoms with Crippen LogP contribution in [0.2, 0.25) is 0 Å². The second-order valence-electron chi connectivity index (χ2n) is 9.25. The largest absolute Gasteiger partial charge is 0.478 e. The highest BCUT2D eigenvalue weighted by Gasteiger charge is 2.59. The van der Waals surface area contributed by atoms with Gasteiger partial charge in [0.2, 0.25) is 0 Å². The van der Waals surface area contributed by atoms with E-state index in [4.69, 9.17) is 5.11 Å². The zero-order chi connectivity index (χ0) is 18.3. The van der Waals surface area contributed by atoms with Gasteiger partial charge in [-0.2, -0.15) is 0 Å². The third-order valence-electron chi connectivity index (χ3n) is 7.19. The zero-order valence-corrected chi connectivity index (χ0v) is 15.8. The lowest BCUT2D eigenvalue weighted by Gasteiger charge is -2.62. The minimum absolute atomic E-state index is 0.0199. The molecule has 4 heteroatoms. The molecule has 2 rings (SSSR count). The number of allylic oxidation sites excluding steroid dienone is 1. The molecule has 0 amide bonds. The van der Waals surface area contributed by atoms with Crippen molar-refractivity contribution in [2.24, 2.45) is 22.7 Å². The first-order valence-corrected chi connectivity index (χ1v) is 9.22. The van der Waals surface area contributed by atoms with Gasteiger partial charge in [-0.1, -0.05) is 26.3 Å². The van der Waals surface area contributed by atoms with Crippen molar-refractivity contribution in [2.75, 3.05) is 0 Å². The molecule has 0 aromatic carbocycles. The topological polar surface area (TPSA) is 77.8 Å². The molecular weight excluding hydrogens is 304 g/mol. The van der Waals surface area contributed by atoms with Crippen molar-refractivity contribution in [3.8, 4) is 0 Å². The van der Waals surface area contributed by atoms with Crippen LogP contribution in [0.5, 0.6) is 0 Å². The summed E-state index contributed by atoms with van der Waals surface area (Å²) in [5, 5.41) is 30.5. The van der Waals surface area contributed by atoms with Gasteiger partial charge in [0.15, 0.2) is 0 Å². The van der Waals surface area contributed by atoms with Gasteiger partial charge in [-0.15, -0.1) is 0 Å². The lowest BCUT2D eigenvalue weighted by molar-refractivity contribution is -0.195. The maximum atomic E-state index is 11.1. The molecule has 3 N–H and O–H groups in total. The van der Waals surface area contributed by atoms with Crippen LogP contribution in [-0.4, -0.2) is 33.0 Å². The van der Waals surface area contributed by atoms with Crippen LogP contribution in [0.3, 0.4) is 0 Å². The van der Waals surface area contributed by atoms with Crippen molar-refractivity contribution in [1.82, 2.24) is 0 Å². The molecule has 5 unspecified atom stereocenters. The van der Waals surface area contributed by atoms with Crippen molar-refractivity contribution < 1.29 is 20.1 Å². The first kappa shape index (κ1) is 19.5.